The van der Waals surface area contributed by atoms with Gasteiger partial charge in [0.2, 0.25) is 5.92 Å². The van der Waals surface area contributed by atoms with Crippen molar-refractivity contribution in [3.05, 3.63) is 47.7 Å². The number of unbranched alkanes of at least 4 members (excludes halogenated alkanes) is 1. The van der Waals surface area contributed by atoms with Crippen molar-refractivity contribution in [1.82, 2.24) is 9.78 Å². The predicted molar refractivity (Wildman–Crippen MR) is 91.7 cm³/mol. The average molecular weight is 351 g/mol. The van der Waals surface area contributed by atoms with Gasteiger partial charge in [-0.15, -0.1) is 0 Å². The van der Waals surface area contributed by atoms with E-state index in [1.165, 1.54) is 0 Å². The average Bonchev–Trinajstić information content (AvgIpc) is 2.96. The van der Waals surface area contributed by atoms with E-state index in [0.717, 1.165) is 18.1 Å². The molecule has 1 aromatic carbocycles. The lowest BCUT2D eigenvalue weighted by molar-refractivity contribution is 0.0102. The van der Waals surface area contributed by atoms with Gasteiger partial charge in [0.15, 0.2) is 5.82 Å². The second kappa shape index (κ2) is 8.60. The predicted octanol–water partition coefficient (Wildman–Crippen LogP) is 4.77. The number of nitrogens with zero attached hydrogens (tertiary/aromatic N) is 2. The summed E-state index contributed by atoms with van der Waals surface area (Å²) in [5.41, 5.74) is 2.01. The smallest absolute Gasteiger partial charge is 0.413 e. The largest absolute Gasteiger partial charge is 0.444 e. The third-order valence-electron chi connectivity index (χ3n) is 3.58. The minimum Gasteiger partial charge on any atom is -0.444 e. The number of aryl methyl sites for hydroxylation is 2. The maximum atomic E-state index is 12.7. The van der Waals surface area contributed by atoms with Crippen molar-refractivity contribution in [2.45, 2.75) is 52.2 Å². The van der Waals surface area contributed by atoms with Crippen LogP contribution in [-0.4, -0.2) is 21.8 Å². The van der Waals surface area contributed by atoms with Crippen LogP contribution in [0.3, 0.4) is 0 Å². The highest BCUT2D eigenvalue weighted by Crippen LogP contribution is 2.20. The van der Waals surface area contributed by atoms with E-state index < -0.39 is 12.0 Å². The summed E-state index contributed by atoms with van der Waals surface area (Å²) in [7, 11) is 0. The molecule has 0 fully saturated rings. The molecule has 0 aliphatic heterocycles. The molecule has 0 saturated carbocycles. The van der Waals surface area contributed by atoms with Crippen LogP contribution in [-0.2, 0) is 17.9 Å². The van der Waals surface area contributed by atoms with E-state index in [1.807, 2.05) is 31.2 Å². The van der Waals surface area contributed by atoms with E-state index in [4.69, 9.17) is 4.74 Å². The fraction of sp³-hybridized carbons (Fsp3) is 0.444. The second-order valence-corrected chi connectivity index (χ2v) is 6.18. The summed E-state index contributed by atoms with van der Waals surface area (Å²) in [5, 5.41) is 6.72. The van der Waals surface area contributed by atoms with Crippen molar-refractivity contribution in [2.24, 2.45) is 0 Å². The molecule has 0 radical (unpaired) electrons. The Hall–Kier alpha value is -2.44. The molecular formula is C18H23F2N3O2. The number of hydrogen-bond donors (Lipinski definition) is 1. The molecule has 0 saturated heterocycles. The third-order valence-corrected chi connectivity index (χ3v) is 3.58. The molecule has 0 atom stereocenters. The molecule has 1 aromatic heterocycles. The Balaban J connectivity index is 1.72. The molecule has 25 heavy (non-hydrogen) atoms. The van der Waals surface area contributed by atoms with Gasteiger partial charge in [-0.3, -0.25) is 10.00 Å². The van der Waals surface area contributed by atoms with Gasteiger partial charge in [0.1, 0.15) is 6.61 Å². The van der Waals surface area contributed by atoms with Gasteiger partial charge in [0.05, 0.1) is 0 Å². The van der Waals surface area contributed by atoms with Gasteiger partial charge in [-0.25, -0.2) is 13.6 Å². The van der Waals surface area contributed by atoms with Crippen molar-refractivity contribution >= 4 is 11.9 Å². The molecule has 5 nitrogen and oxygen atoms in total. The number of aromatic nitrogens is 2. The summed E-state index contributed by atoms with van der Waals surface area (Å²) in [6.07, 6.45) is 2.00. The molecule has 2 aromatic rings. The van der Waals surface area contributed by atoms with Gasteiger partial charge in [-0.1, -0.05) is 29.8 Å². The number of rotatable bonds is 8. The minimum absolute atomic E-state index is 0.134. The molecule has 0 unspecified atom stereocenters. The lowest BCUT2D eigenvalue weighted by atomic mass is 10.1. The molecule has 1 amide bonds. The number of benzene rings is 1. The molecule has 2 rings (SSSR count). The first-order valence-corrected chi connectivity index (χ1v) is 8.22. The van der Waals surface area contributed by atoms with E-state index >= 15 is 0 Å². The Kier molecular flexibility index (Phi) is 6.50. The number of ether oxygens (including phenoxy) is 1. The van der Waals surface area contributed by atoms with Crippen LogP contribution in [0.15, 0.2) is 36.5 Å². The lowest BCUT2D eigenvalue weighted by Gasteiger charge is -2.09. The Morgan fingerprint density at radius 1 is 1.32 bits per heavy atom. The molecule has 1 heterocycles. The molecule has 7 heteroatoms. The molecule has 0 aliphatic carbocycles. The summed E-state index contributed by atoms with van der Waals surface area (Å²) in [5.74, 6) is -2.26. The standard InChI is InChI=1S/C18H23F2N3O2/c1-14-6-5-7-15(12-14)13-25-17(24)21-16-8-11-23(22-16)10-4-3-9-18(2,19)20/h5-8,11-12H,3-4,9-10,13H2,1-2H3,(H,21,22,24). The van der Waals surface area contributed by atoms with Crippen molar-refractivity contribution in [3.8, 4) is 0 Å². The summed E-state index contributed by atoms with van der Waals surface area (Å²) < 4.78 is 32.2. The highest BCUT2D eigenvalue weighted by Gasteiger charge is 2.19. The van der Waals surface area contributed by atoms with Gasteiger partial charge in [-0.2, -0.15) is 5.10 Å². The fourth-order valence-corrected chi connectivity index (χ4v) is 2.35. The summed E-state index contributed by atoms with van der Waals surface area (Å²) >= 11 is 0. The zero-order valence-electron chi connectivity index (χ0n) is 14.5. The molecule has 1 N–H and O–H groups in total. The number of alkyl halides is 2. The Morgan fingerprint density at radius 3 is 2.84 bits per heavy atom. The van der Waals surface area contributed by atoms with E-state index in [0.29, 0.717) is 25.2 Å². The summed E-state index contributed by atoms with van der Waals surface area (Å²) in [6.45, 7) is 3.60. The van der Waals surface area contributed by atoms with Gasteiger partial charge in [0.25, 0.3) is 0 Å². The van der Waals surface area contributed by atoms with Crippen LogP contribution >= 0.6 is 0 Å². The zero-order valence-corrected chi connectivity index (χ0v) is 14.5. The van der Waals surface area contributed by atoms with E-state index in [-0.39, 0.29) is 13.0 Å². The normalized spacial score (nSPS) is 11.4. The maximum absolute atomic E-state index is 12.7. The lowest BCUT2D eigenvalue weighted by Crippen LogP contribution is -2.14. The minimum atomic E-state index is -2.63. The number of amides is 1. The Bertz CT molecular complexity index is 696. The van der Waals surface area contributed by atoms with Crippen LogP contribution in [0, 0.1) is 6.92 Å². The van der Waals surface area contributed by atoms with Crippen LogP contribution in [0.25, 0.3) is 0 Å². The molecular weight excluding hydrogens is 328 g/mol. The first-order valence-electron chi connectivity index (χ1n) is 8.22. The van der Waals surface area contributed by atoms with E-state index in [2.05, 4.69) is 10.4 Å². The highest BCUT2D eigenvalue weighted by atomic mass is 19.3. The molecule has 0 aliphatic rings. The van der Waals surface area contributed by atoms with Crippen LogP contribution in [0.2, 0.25) is 0 Å². The number of nitrogens with one attached hydrogen (secondary N) is 1. The summed E-state index contributed by atoms with van der Waals surface area (Å²) in [4.78, 5) is 11.8. The van der Waals surface area contributed by atoms with Gasteiger partial charge in [0, 0.05) is 25.2 Å². The zero-order chi connectivity index (χ0) is 18.3. The quantitative estimate of drug-likeness (QED) is 0.697. The van der Waals surface area contributed by atoms with Crippen LogP contribution in [0.5, 0.6) is 0 Å². The van der Waals surface area contributed by atoms with Crippen LogP contribution in [0.4, 0.5) is 19.4 Å². The van der Waals surface area contributed by atoms with E-state index in [9.17, 15) is 13.6 Å². The molecule has 0 spiro atoms. The van der Waals surface area contributed by atoms with Crippen LogP contribution < -0.4 is 5.32 Å². The second-order valence-electron chi connectivity index (χ2n) is 6.18. The van der Waals surface area contributed by atoms with Crippen molar-refractivity contribution in [1.29, 1.82) is 0 Å². The molecule has 136 valence electrons. The van der Waals surface area contributed by atoms with E-state index in [1.54, 1.807) is 16.9 Å². The monoisotopic (exact) mass is 351 g/mol. The Morgan fingerprint density at radius 2 is 2.12 bits per heavy atom. The summed E-state index contributed by atoms with van der Waals surface area (Å²) in [6, 6.07) is 9.35. The maximum Gasteiger partial charge on any atom is 0.413 e. The SMILES string of the molecule is Cc1cccc(COC(=O)Nc2ccn(CCCCC(C)(F)F)n2)c1. The highest BCUT2D eigenvalue weighted by molar-refractivity contribution is 5.83. The van der Waals surface area contributed by atoms with Crippen molar-refractivity contribution < 1.29 is 18.3 Å². The number of hydrogen-bond acceptors (Lipinski definition) is 3. The first-order chi connectivity index (χ1) is 11.8. The van der Waals surface area contributed by atoms with Gasteiger partial charge >= 0.3 is 6.09 Å². The van der Waals surface area contributed by atoms with Gasteiger partial charge in [-0.05, 0) is 32.3 Å². The van der Waals surface area contributed by atoms with Crippen LogP contribution in [0.1, 0.15) is 37.3 Å². The third kappa shape index (κ3) is 7.32. The fourth-order valence-electron chi connectivity index (χ4n) is 2.35. The first kappa shape index (κ1) is 18.9. The van der Waals surface area contributed by atoms with Gasteiger partial charge < -0.3 is 4.74 Å². The number of halogens is 2. The van der Waals surface area contributed by atoms with Crippen molar-refractivity contribution in [3.63, 3.8) is 0 Å². The number of carbonyl (C=O) groups is 1. The number of anilines is 1. The topological polar surface area (TPSA) is 56.1 Å². The molecule has 0 bridgehead atoms. The Labute approximate surface area is 146 Å². The number of carbonyl (C=O) groups excluding carboxylic acids is 1. The van der Waals surface area contributed by atoms with Crippen molar-refractivity contribution in [2.75, 3.05) is 5.32 Å².